The molecule has 5 atom stereocenters. The SMILES string of the molecule is CCC(C)(C(C)C)C1(C(C)(C)C)C(C)CC1CC(C)C=N. The Kier molecular flexibility index (Phi) is 5.39. The lowest BCUT2D eigenvalue weighted by Gasteiger charge is -2.71. The van der Waals surface area contributed by atoms with Gasteiger partial charge in [-0.2, -0.15) is 0 Å². The summed E-state index contributed by atoms with van der Waals surface area (Å²) in [6.07, 6.45) is 5.43. The third-order valence-electron chi connectivity index (χ3n) is 7.19. The predicted molar refractivity (Wildman–Crippen MR) is 95.0 cm³/mol. The van der Waals surface area contributed by atoms with Crippen LogP contribution >= 0.6 is 0 Å². The summed E-state index contributed by atoms with van der Waals surface area (Å²) in [5, 5.41) is 7.60. The first kappa shape index (κ1) is 18.7. The molecule has 0 bridgehead atoms. The second-order valence-corrected chi connectivity index (χ2v) is 9.26. The number of rotatable bonds is 6. The van der Waals surface area contributed by atoms with Gasteiger partial charge >= 0.3 is 0 Å². The van der Waals surface area contributed by atoms with E-state index in [0.29, 0.717) is 28.1 Å². The van der Waals surface area contributed by atoms with Gasteiger partial charge in [0.1, 0.15) is 0 Å². The average molecular weight is 294 g/mol. The minimum Gasteiger partial charge on any atom is -0.313 e. The lowest BCUT2D eigenvalue weighted by molar-refractivity contribution is -0.235. The Labute approximate surface area is 133 Å². The highest BCUT2D eigenvalue weighted by molar-refractivity contribution is 5.56. The van der Waals surface area contributed by atoms with Crippen LogP contribution in [0.3, 0.4) is 0 Å². The molecule has 1 N–H and O–H groups in total. The van der Waals surface area contributed by atoms with E-state index in [9.17, 15) is 0 Å². The van der Waals surface area contributed by atoms with Crippen LogP contribution in [-0.2, 0) is 0 Å². The molecule has 1 fully saturated rings. The summed E-state index contributed by atoms with van der Waals surface area (Å²) in [7, 11) is 0. The van der Waals surface area contributed by atoms with Crippen LogP contribution in [0.4, 0.5) is 0 Å². The summed E-state index contributed by atoms with van der Waals surface area (Å²) in [6, 6.07) is 0. The Hall–Kier alpha value is -0.330. The molecule has 0 saturated heterocycles. The maximum absolute atomic E-state index is 7.60. The van der Waals surface area contributed by atoms with E-state index >= 15 is 0 Å². The fraction of sp³-hybridized carbons (Fsp3) is 0.950. The van der Waals surface area contributed by atoms with Crippen LogP contribution in [0.1, 0.15) is 81.6 Å². The summed E-state index contributed by atoms with van der Waals surface area (Å²) >= 11 is 0. The minimum absolute atomic E-state index is 0.312. The molecule has 21 heavy (non-hydrogen) atoms. The van der Waals surface area contributed by atoms with Crippen LogP contribution in [0, 0.1) is 45.3 Å². The van der Waals surface area contributed by atoms with E-state index in [0.717, 1.165) is 11.8 Å². The third kappa shape index (κ3) is 2.59. The quantitative estimate of drug-likeness (QED) is 0.546. The lowest BCUT2D eigenvalue weighted by atomic mass is 9.33. The normalized spacial score (nSPS) is 34.2. The average Bonchev–Trinajstić information content (AvgIpc) is 2.35. The van der Waals surface area contributed by atoms with Gasteiger partial charge in [0.25, 0.3) is 0 Å². The van der Waals surface area contributed by atoms with Gasteiger partial charge in [0.05, 0.1) is 0 Å². The van der Waals surface area contributed by atoms with E-state index in [1.165, 1.54) is 19.3 Å². The van der Waals surface area contributed by atoms with Gasteiger partial charge in [-0.25, -0.2) is 0 Å². The smallest absolute Gasteiger partial charge is 0.00194 e. The highest BCUT2D eigenvalue weighted by Crippen LogP contribution is 2.73. The third-order valence-corrected chi connectivity index (χ3v) is 7.19. The summed E-state index contributed by atoms with van der Waals surface area (Å²) in [5.74, 6) is 2.66. The van der Waals surface area contributed by atoms with Gasteiger partial charge in [-0.05, 0) is 65.4 Å². The monoisotopic (exact) mass is 293 g/mol. The van der Waals surface area contributed by atoms with Crippen LogP contribution in [0.25, 0.3) is 0 Å². The molecule has 0 aromatic heterocycles. The Morgan fingerprint density at radius 1 is 1.19 bits per heavy atom. The van der Waals surface area contributed by atoms with Crippen molar-refractivity contribution in [3.05, 3.63) is 0 Å². The molecular weight excluding hydrogens is 254 g/mol. The first-order valence-electron chi connectivity index (χ1n) is 8.99. The summed E-state index contributed by atoms with van der Waals surface area (Å²) in [5.41, 5.74) is 1.07. The zero-order valence-electron chi connectivity index (χ0n) is 16.0. The van der Waals surface area contributed by atoms with Crippen molar-refractivity contribution in [2.45, 2.75) is 81.6 Å². The van der Waals surface area contributed by atoms with E-state index in [1.54, 1.807) is 6.21 Å². The fourth-order valence-electron chi connectivity index (χ4n) is 6.26. The molecule has 124 valence electrons. The molecule has 1 heteroatoms. The molecule has 0 aromatic rings. The second kappa shape index (κ2) is 6.05. The maximum Gasteiger partial charge on any atom is -0.00194 e. The van der Waals surface area contributed by atoms with Gasteiger partial charge in [0, 0.05) is 0 Å². The zero-order chi connectivity index (χ0) is 16.6. The Balaban J connectivity index is 3.36. The first-order valence-corrected chi connectivity index (χ1v) is 8.99. The van der Waals surface area contributed by atoms with Crippen LogP contribution in [0.2, 0.25) is 0 Å². The highest BCUT2D eigenvalue weighted by atomic mass is 14.7. The molecule has 0 aromatic carbocycles. The molecule has 0 spiro atoms. The van der Waals surface area contributed by atoms with Gasteiger partial charge < -0.3 is 5.41 Å². The molecular formula is C20H39N. The molecule has 0 heterocycles. The van der Waals surface area contributed by atoms with Crippen molar-refractivity contribution >= 4 is 6.21 Å². The van der Waals surface area contributed by atoms with Crippen LogP contribution in [0.5, 0.6) is 0 Å². The van der Waals surface area contributed by atoms with Crippen LogP contribution < -0.4 is 0 Å². The van der Waals surface area contributed by atoms with E-state index < -0.39 is 0 Å². The van der Waals surface area contributed by atoms with E-state index in [2.05, 4.69) is 62.3 Å². The maximum atomic E-state index is 7.60. The number of hydrogen-bond acceptors (Lipinski definition) is 1. The molecule has 1 nitrogen and oxygen atoms in total. The molecule has 0 aliphatic heterocycles. The molecule has 1 rings (SSSR count). The van der Waals surface area contributed by atoms with E-state index in [1.807, 2.05) is 0 Å². The topological polar surface area (TPSA) is 23.9 Å². The molecule has 1 saturated carbocycles. The minimum atomic E-state index is 0.312. The molecule has 5 unspecified atom stereocenters. The number of hydrogen-bond donors (Lipinski definition) is 1. The van der Waals surface area contributed by atoms with E-state index in [4.69, 9.17) is 5.41 Å². The van der Waals surface area contributed by atoms with Crippen molar-refractivity contribution in [2.24, 2.45) is 39.9 Å². The van der Waals surface area contributed by atoms with Crippen LogP contribution in [-0.4, -0.2) is 6.21 Å². The largest absolute Gasteiger partial charge is 0.313 e. The molecule has 1 aliphatic carbocycles. The molecule has 1 aliphatic rings. The standard InChI is InChI=1S/C20H39N/c1-10-19(9,14(2)3)20(18(6,7)8)16(5)12-17(20)11-15(4)13-21/h13-17,21H,10-12H2,1-9H3. The highest BCUT2D eigenvalue weighted by Gasteiger charge is 2.66. The Morgan fingerprint density at radius 2 is 1.71 bits per heavy atom. The predicted octanol–water partition coefficient (Wildman–Crippen LogP) is 6.42. The fourth-order valence-corrected chi connectivity index (χ4v) is 6.26. The van der Waals surface area contributed by atoms with Gasteiger partial charge in [-0.3, -0.25) is 0 Å². The Morgan fingerprint density at radius 3 is 2.00 bits per heavy atom. The van der Waals surface area contributed by atoms with Crippen molar-refractivity contribution < 1.29 is 0 Å². The first-order chi connectivity index (χ1) is 9.48. The van der Waals surface area contributed by atoms with Crippen molar-refractivity contribution in [1.82, 2.24) is 0 Å². The van der Waals surface area contributed by atoms with Crippen molar-refractivity contribution in [3.8, 4) is 0 Å². The van der Waals surface area contributed by atoms with Gasteiger partial charge in [0.2, 0.25) is 0 Å². The molecule has 0 radical (unpaired) electrons. The summed E-state index contributed by atoms with van der Waals surface area (Å²) in [6.45, 7) is 21.8. The van der Waals surface area contributed by atoms with Crippen LogP contribution in [0.15, 0.2) is 0 Å². The van der Waals surface area contributed by atoms with Crippen molar-refractivity contribution in [2.75, 3.05) is 0 Å². The second-order valence-electron chi connectivity index (χ2n) is 9.26. The number of nitrogens with one attached hydrogen (secondary N) is 1. The Bertz CT molecular complexity index is 365. The lowest BCUT2D eigenvalue weighted by Crippen LogP contribution is -2.65. The summed E-state index contributed by atoms with van der Waals surface area (Å²) < 4.78 is 0. The summed E-state index contributed by atoms with van der Waals surface area (Å²) in [4.78, 5) is 0. The van der Waals surface area contributed by atoms with Crippen molar-refractivity contribution in [1.29, 1.82) is 5.41 Å². The van der Waals surface area contributed by atoms with E-state index in [-0.39, 0.29) is 0 Å². The van der Waals surface area contributed by atoms with Gasteiger partial charge in [-0.15, -0.1) is 0 Å². The zero-order valence-corrected chi connectivity index (χ0v) is 16.0. The van der Waals surface area contributed by atoms with Gasteiger partial charge in [0.15, 0.2) is 0 Å². The van der Waals surface area contributed by atoms with Crippen molar-refractivity contribution in [3.63, 3.8) is 0 Å². The van der Waals surface area contributed by atoms with Gasteiger partial charge in [-0.1, -0.05) is 62.3 Å². The molecule has 0 amide bonds.